The quantitative estimate of drug-likeness (QED) is 0.577. The topological polar surface area (TPSA) is 123 Å². The van der Waals surface area contributed by atoms with Gasteiger partial charge in [0.15, 0.2) is 5.13 Å². The van der Waals surface area contributed by atoms with E-state index in [0.717, 1.165) is 4.88 Å². The predicted octanol–water partition coefficient (Wildman–Crippen LogP) is 1.16. The maximum absolute atomic E-state index is 11.9. The van der Waals surface area contributed by atoms with Gasteiger partial charge in [-0.3, -0.25) is 10.1 Å². The SMILES string of the molecule is Cc1cc(-c2sc(NC(=O)NCC(=O)N(C)C)nc2C)nc([S+](C)[O-])n1. The van der Waals surface area contributed by atoms with E-state index in [1.165, 1.54) is 22.5 Å². The summed E-state index contributed by atoms with van der Waals surface area (Å²) in [6.07, 6.45) is 1.52. The van der Waals surface area contributed by atoms with Crippen molar-refractivity contribution >= 4 is 39.6 Å². The van der Waals surface area contributed by atoms with Crippen LogP contribution in [0.4, 0.5) is 9.93 Å². The highest BCUT2D eigenvalue weighted by Crippen LogP contribution is 2.32. The van der Waals surface area contributed by atoms with Crippen molar-refractivity contribution in [3.05, 3.63) is 17.5 Å². The third-order valence-corrected chi connectivity index (χ3v) is 5.03. The zero-order chi connectivity index (χ0) is 19.4. The third-order valence-electron chi connectivity index (χ3n) is 3.24. The first-order chi connectivity index (χ1) is 12.2. The molecule has 0 saturated heterocycles. The molecule has 0 aliphatic carbocycles. The fourth-order valence-electron chi connectivity index (χ4n) is 1.93. The summed E-state index contributed by atoms with van der Waals surface area (Å²) < 4.78 is 11.7. The number of carbonyl (C=O) groups excluding carboxylic acids is 2. The number of aryl methyl sites for hydroxylation is 2. The third kappa shape index (κ3) is 5.13. The largest absolute Gasteiger partial charge is 0.609 e. The second kappa shape index (κ2) is 8.43. The van der Waals surface area contributed by atoms with Crippen LogP contribution in [0.2, 0.25) is 0 Å². The fourth-order valence-corrected chi connectivity index (χ4v) is 3.35. The summed E-state index contributed by atoms with van der Waals surface area (Å²) in [5.41, 5.74) is 1.98. The summed E-state index contributed by atoms with van der Waals surface area (Å²) in [7, 11) is 3.22. The predicted molar refractivity (Wildman–Crippen MR) is 101 cm³/mol. The van der Waals surface area contributed by atoms with Gasteiger partial charge >= 0.3 is 11.2 Å². The standard InChI is InChI=1S/C15H20N6O3S2/c1-8-6-10(19-15(17-8)26(5)24)12-9(2)18-14(25-12)20-13(23)16-7-11(22)21(3)4/h6H,7H2,1-5H3,(H2,16,18,20,23). The van der Waals surface area contributed by atoms with Crippen molar-refractivity contribution in [1.82, 2.24) is 25.2 Å². The first kappa shape index (κ1) is 20.1. The summed E-state index contributed by atoms with van der Waals surface area (Å²) >= 11 is -0.0541. The van der Waals surface area contributed by atoms with Gasteiger partial charge in [0, 0.05) is 31.0 Å². The molecule has 2 N–H and O–H groups in total. The molecule has 0 spiro atoms. The molecular weight excluding hydrogens is 376 g/mol. The van der Waals surface area contributed by atoms with Crippen molar-refractivity contribution in [3.8, 4) is 10.6 Å². The first-order valence-electron chi connectivity index (χ1n) is 7.59. The molecule has 1 unspecified atom stereocenters. The molecule has 11 heteroatoms. The van der Waals surface area contributed by atoms with Crippen molar-refractivity contribution in [2.24, 2.45) is 0 Å². The monoisotopic (exact) mass is 396 g/mol. The Morgan fingerprint density at radius 3 is 2.58 bits per heavy atom. The Kier molecular flexibility index (Phi) is 6.51. The van der Waals surface area contributed by atoms with Crippen molar-refractivity contribution in [1.29, 1.82) is 0 Å². The van der Waals surface area contributed by atoms with Gasteiger partial charge in [-0.1, -0.05) is 11.3 Å². The number of urea groups is 1. The molecule has 9 nitrogen and oxygen atoms in total. The Hall–Kier alpha value is -2.24. The zero-order valence-corrected chi connectivity index (χ0v) is 16.7. The highest BCUT2D eigenvalue weighted by Gasteiger charge is 2.17. The van der Waals surface area contributed by atoms with Crippen LogP contribution in [0.15, 0.2) is 11.2 Å². The number of hydrogen-bond acceptors (Lipinski definition) is 7. The van der Waals surface area contributed by atoms with E-state index in [1.54, 1.807) is 34.0 Å². The van der Waals surface area contributed by atoms with Crippen molar-refractivity contribution in [3.63, 3.8) is 0 Å². The summed E-state index contributed by atoms with van der Waals surface area (Å²) in [5, 5.41) is 5.71. The maximum Gasteiger partial charge on any atom is 0.343 e. The summed E-state index contributed by atoms with van der Waals surface area (Å²) in [6.45, 7) is 3.49. The molecule has 2 aromatic heterocycles. The van der Waals surface area contributed by atoms with Crippen LogP contribution in [-0.2, 0) is 16.0 Å². The Labute approximate surface area is 158 Å². The van der Waals surface area contributed by atoms with E-state index < -0.39 is 17.2 Å². The van der Waals surface area contributed by atoms with Crippen LogP contribution in [0, 0.1) is 13.8 Å². The van der Waals surface area contributed by atoms with Crippen LogP contribution >= 0.6 is 11.3 Å². The van der Waals surface area contributed by atoms with Crippen LogP contribution in [0.5, 0.6) is 0 Å². The van der Waals surface area contributed by atoms with E-state index in [4.69, 9.17) is 0 Å². The van der Waals surface area contributed by atoms with Gasteiger partial charge in [-0.05, 0) is 19.9 Å². The van der Waals surface area contributed by atoms with Crippen LogP contribution in [-0.4, -0.2) is 63.2 Å². The number of amides is 3. The van der Waals surface area contributed by atoms with Crippen molar-refractivity contribution in [2.75, 3.05) is 32.2 Å². The zero-order valence-electron chi connectivity index (χ0n) is 15.1. The first-order valence-corrected chi connectivity index (χ1v) is 9.96. The Balaban J connectivity index is 2.14. The minimum Gasteiger partial charge on any atom is -0.609 e. The van der Waals surface area contributed by atoms with Gasteiger partial charge in [-0.15, -0.1) is 0 Å². The maximum atomic E-state index is 11.9. The average molecular weight is 396 g/mol. The number of nitrogens with zero attached hydrogens (tertiary/aromatic N) is 4. The van der Waals surface area contributed by atoms with Gasteiger partial charge in [-0.25, -0.2) is 9.78 Å². The number of anilines is 1. The molecule has 0 aromatic carbocycles. The normalized spacial score (nSPS) is 11.8. The van der Waals surface area contributed by atoms with Gasteiger partial charge in [0.25, 0.3) is 0 Å². The molecule has 26 heavy (non-hydrogen) atoms. The average Bonchev–Trinajstić information content (AvgIpc) is 2.92. The highest BCUT2D eigenvalue weighted by atomic mass is 32.2. The van der Waals surface area contributed by atoms with Crippen LogP contribution < -0.4 is 10.6 Å². The Bertz CT molecular complexity index is 822. The van der Waals surface area contributed by atoms with Crippen molar-refractivity contribution in [2.45, 2.75) is 19.0 Å². The van der Waals surface area contributed by atoms with E-state index in [9.17, 15) is 14.1 Å². The van der Waals surface area contributed by atoms with E-state index >= 15 is 0 Å². The molecule has 140 valence electrons. The Morgan fingerprint density at radius 2 is 1.96 bits per heavy atom. The molecule has 1 atom stereocenters. The fraction of sp³-hybridized carbons (Fsp3) is 0.400. The van der Waals surface area contributed by atoms with Gasteiger partial charge in [0.1, 0.15) is 6.26 Å². The van der Waals surface area contributed by atoms with Crippen molar-refractivity contribution < 1.29 is 14.1 Å². The molecule has 0 saturated carbocycles. The number of aromatic nitrogens is 3. The van der Waals surface area contributed by atoms with Gasteiger partial charge in [0.05, 0.1) is 22.8 Å². The van der Waals surface area contributed by atoms with E-state index in [1.807, 2.05) is 0 Å². The molecule has 2 heterocycles. The second-order valence-corrected chi connectivity index (χ2v) is 7.93. The molecule has 3 amide bonds. The molecular formula is C15H20N6O3S2. The second-order valence-electron chi connectivity index (χ2n) is 5.66. The summed E-state index contributed by atoms with van der Waals surface area (Å²) in [4.78, 5) is 38.3. The highest BCUT2D eigenvalue weighted by molar-refractivity contribution is 7.90. The lowest BCUT2D eigenvalue weighted by Gasteiger charge is -2.10. The van der Waals surface area contributed by atoms with Crippen LogP contribution in [0.3, 0.4) is 0 Å². The van der Waals surface area contributed by atoms with Crippen LogP contribution in [0.1, 0.15) is 11.4 Å². The molecule has 0 fully saturated rings. The van der Waals surface area contributed by atoms with Gasteiger partial charge < -0.3 is 14.8 Å². The number of hydrogen-bond donors (Lipinski definition) is 2. The minimum atomic E-state index is -1.30. The minimum absolute atomic E-state index is 0.104. The molecule has 0 radical (unpaired) electrons. The van der Waals surface area contributed by atoms with Gasteiger partial charge in [-0.2, -0.15) is 9.97 Å². The van der Waals surface area contributed by atoms with E-state index in [-0.39, 0.29) is 17.6 Å². The van der Waals surface area contributed by atoms with Gasteiger partial charge in [0.2, 0.25) is 5.91 Å². The lowest BCUT2D eigenvalue weighted by Crippen LogP contribution is -2.38. The molecule has 0 aliphatic rings. The molecule has 0 aliphatic heterocycles. The van der Waals surface area contributed by atoms with Crippen LogP contribution in [0.25, 0.3) is 10.6 Å². The Morgan fingerprint density at radius 1 is 1.27 bits per heavy atom. The van der Waals surface area contributed by atoms with E-state index in [0.29, 0.717) is 22.2 Å². The number of rotatable bonds is 5. The number of likely N-dealkylation sites (N-methyl/N-ethyl adjacent to an activating group) is 1. The number of carbonyl (C=O) groups is 2. The van der Waals surface area contributed by atoms with E-state index in [2.05, 4.69) is 25.6 Å². The smallest absolute Gasteiger partial charge is 0.343 e. The lowest BCUT2D eigenvalue weighted by molar-refractivity contribution is -0.127. The summed E-state index contributed by atoms with van der Waals surface area (Å²) in [6, 6.07) is 1.26. The summed E-state index contributed by atoms with van der Waals surface area (Å²) in [5.74, 6) is -0.215. The number of thiazole rings is 1. The lowest BCUT2D eigenvalue weighted by atomic mass is 10.2. The molecule has 0 bridgehead atoms. The number of nitrogens with one attached hydrogen (secondary N) is 2. The molecule has 2 aromatic rings. The molecule has 2 rings (SSSR count).